The first kappa shape index (κ1) is 14.7. The van der Waals surface area contributed by atoms with Gasteiger partial charge in [-0.1, -0.05) is 30.3 Å². The Kier molecular flexibility index (Phi) is 5.70. The van der Waals surface area contributed by atoms with Crippen molar-refractivity contribution in [3.63, 3.8) is 0 Å². The molecule has 0 aromatic heterocycles. The number of hydrogen-bond donors (Lipinski definition) is 1. The van der Waals surface area contributed by atoms with Crippen molar-refractivity contribution in [2.24, 2.45) is 0 Å². The molecular formula is C15H20N2O3. The van der Waals surface area contributed by atoms with Gasteiger partial charge >= 0.3 is 0 Å². The number of nitrogens with one attached hydrogen (secondary N) is 1. The predicted molar refractivity (Wildman–Crippen MR) is 75.1 cm³/mol. The van der Waals surface area contributed by atoms with Crippen molar-refractivity contribution in [3.05, 3.63) is 35.9 Å². The van der Waals surface area contributed by atoms with E-state index < -0.39 is 0 Å². The van der Waals surface area contributed by atoms with Gasteiger partial charge in [0.2, 0.25) is 5.91 Å². The molecule has 1 fully saturated rings. The first-order valence-electron chi connectivity index (χ1n) is 6.88. The summed E-state index contributed by atoms with van der Waals surface area (Å²) in [6, 6.07) is 9.35. The fraction of sp³-hybridized carbons (Fsp3) is 0.467. The summed E-state index contributed by atoms with van der Waals surface area (Å²) in [6.07, 6.45) is 1.03. The van der Waals surface area contributed by atoms with Crippen LogP contribution in [0.15, 0.2) is 30.3 Å². The fourth-order valence-electron chi connectivity index (χ4n) is 2.31. The molecule has 108 valence electrons. The smallest absolute Gasteiger partial charge is 0.238 e. The zero-order valence-corrected chi connectivity index (χ0v) is 11.5. The molecule has 1 heterocycles. The second-order valence-electron chi connectivity index (χ2n) is 4.77. The lowest BCUT2D eigenvalue weighted by Crippen LogP contribution is -2.51. The van der Waals surface area contributed by atoms with Gasteiger partial charge in [0, 0.05) is 26.1 Å². The van der Waals surface area contributed by atoms with Gasteiger partial charge in [0.25, 0.3) is 0 Å². The maximum absolute atomic E-state index is 12.3. The Balaban J connectivity index is 1.90. The molecule has 1 aliphatic heterocycles. The van der Waals surface area contributed by atoms with E-state index in [1.807, 2.05) is 35.2 Å². The predicted octanol–water partition coefficient (Wildman–Crippen LogP) is 0.593. The van der Waals surface area contributed by atoms with Crippen molar-refractivity contribution in [1.29, 1.82) is 0 Å². The zero-order valence-electron chi connectivity index (χ0n) is 11.5. The van der Waals surface area contributed by atoms with Gasteiger partial charge in [-0.3, -0.25) is 9.69 Å². The van der Waals surface area contributed by atoms with E-state index in [1.54, 1.807) is 0 Å². The quantitative estimate of drug-likeness (QED) is 0.773. The highest BCUT2D eigenvalue weighted by Crippen LogP contribution is 2.08. The van der Waals surface area contributed by atoms with Crippen LogP contribution < -0.4 is 5.32 Å². The first-order valence-corrected chi connectivity index (χ1v) is 6.88. The monoisotopic (exact) mass is 276 g/mol. The van der Waals surface area contributed by atoms with Gasteiger partial charge in [0.05, 0.1) is 19.3 Å². The van der Waals surface area contributed by atoms with E-state index in [4.69, 9.17) is 4.74 Å². The number of aldehydes is 1. The summed E-state index contributed by atoms with van der Waals surface area (Å²) in [5, 5.41) is 2.90. The maximum atomic E-state index is 12.3. The van der Waals surface area contributed by atoms with Crippen LogP contribution in [0.2, 0.25) is 0 Å². The highest BCUT2D eigenvalue weighted by Gasteiger charge is 2.26. The van der Waals surface area contributed by atoms with Gasteiger partial charge in [-0.25, -0.2) is 0 Å². The van der Waals surface area contributed by atoms with Crippen LogP contribution in [0.4, 0.5) is 0 Å². The fourth-order valence-corrected chi connectivity index (χ4v) is 2.31. The van der Waals surface area contributed by atoms with Crippen molar-refractivity contribution >= 4 is 12.2 Å². The third kappa shape index (κ3) is 4.15. The number of rotatable bonds is 6. The van der Waals surface area contributed by atoms with E-state index in [-0.39, 0.29) is 18.4 Å². The summed E-state index contributed by atoms with van der Waals surface area (Å²) in [6.45, 7) is 3.09. The van der Waals surface area contributed by atoms with Crippen LogP contribution >= 0.6 is 0 Å². The van der Waals surface area contributed by atoms with Gasteiger partial charge in [0.1, 0.15) is 6.29 Å². The molecule has 5 heteroatoms. The maximum Gasteiger partial charge on any atom is 0.238 e. The standard InChI is InChI=1S/C15H20N2O3/c18-9-6-14(17-7-10-20-11-8-17)15(19)16-12-13-4-2-1-3-5-13/h1-5,9,14H,6-8,10-12H2,(H,16,19). The molecule has 1 aromatic carbocycles. The van der Waals surface area contributed by atoms with Gasteiger partial charge in [-0.2, -0.15) is 0 Å². The SMILES string of the molecule is O=CCC(C(=O)NCc1ccccc1)N1CCOCC1. The molecule has 0 saturated carbocycles. The number of amides is 1. The largest absolute Gasteiger partial charge is 0.379 e. The van der Waals surface area contributed by atoms with E-state index in [1.165, 1.54) is 0 Å². The van der Waals surface area contributed by atoms with Gasteiger partial charge in [-0.05, 0) is 5.56 Å². The number of carbonyl (C=O) groups is 2. The van der Waals surface area contributed by atoms with Crippen LogP contribution in [-0.2, 0) is 20.9 Å². The number of benzene rings is 1. The van der Waals surface area contributed by atoms with E-state index in [9.17, 15) is 9.59 Å². The number of hydrogen-bond acceptors (Lipinski definition) is 4. The molecule has 1 N–H and O–H groups in total. The molecular weight excluding hydrogens is 256 g/mol. The van der Waals surface area contributed by atoms with Crippen LogP contribution in [0.1, 0.15) is 12.0 Å². The molecule has 20 heavy (non-hydrogen) atoms. The Labute approximate surface area is 118 Å². The summed E-state index contributed by atoms with van der Waals surface area (Å²) in [5.41, 5.74) is 1.05. The third-order valence-corrected chi connectivity index (χ3v) is 3.42. The minimum Gasteiger partial charge on any atom is -0.379 e. The Morgan fingerprint density at radius 1 is 1.30 bits per heavy atom. The van der Waals surface area contributed by atoms with Gasteiger partial charge < -0.3 is 14.8 Å². The second kappa shape index (κ2) is 7.77. The van der Waals surface area contributed by atoms with Gasteiger partial charge in [-0.15, -0.1) is 0 Å². The molecule has 1 unspecified atom stereocenters. The highest BCUT2D eigenvalue weighted by atomic mass is 16.5. The average Bonchev–Trinajstić information content (AvgIpc) is 2.52. The Bertz CT molecular complexity index is 430. The number of nitrogens with zero attached hydrogens (tertiary/aromatic N) is 1. The summed E-state index contributed by atoms with van der Waals surface area (Å²) < 4.78 is 5.28. The van der Waals surface area contributed by atoms with E-state index in [0.717, 1.165) is 11.8 Å². The van der Waals surface area contributed by atoms with Crippen molar-refractivity contribution in [1.82, 2.24) is 10.2 Å². The van der Waals surface area contributed by atoms with Crippen molar-refractivity contribution in [2.75, 3.05) is 26.3 Å². The Morgan fingerprint density at radius 3 is 2.65 bits per heavy atom. The summed E-state index contributed by atoms with van der Waals surface area (Å²) in [7, 11) is 0. The van der Waals surface area contributed by atoms with E-state index in [2.05, 4.69) is 5.32 Å². The van der Waals surface area contributed by atoms with E-state index in [0.29, 0.717) is 32.8 Å². The molecule has 1 amide bonds. The summed E-state index contributed by atoms with van der Waals surface area (Å²) in [4.78, 5) is 25.1. The topological polar surface area (TPSA) is 58.6 Å². The lowest BCUT2D eigenvalue weighted by Gasteiger charge is -2.32. The molecule has 2 rings (SSSR count). The minimum absolute atomic E-state index is 0.0946. The molecule has 1 aliphatic rings. The second-order valence-corrected chi connectivity index (χ2v) is 4.77. The molecule has 0 aliphatic carbocycles. The van der Waals surface area contributed by atoms with Crippen LogP contribution in [-0.4, -0.2) is 49.4 Å². The Hall–Kier alpha value is -1.72. The summed E-state index contributed by atoms with van der Waals surface area (Å²) in [5.74, 6) is -0.0946. The average molecular weight is 276 g/mol. The zero-order chi connectivity index (χ0) is 14.2. The van der Waals surface area contributed by atoms with Crippen LogP contribution in [0.5, 0.6) is 0 Å². The molecule has 5 nitrogen and oxygen atoms in total. The molecule has 0 radical (unpaired) electrons. The van der Waals surface area contributed by atoms with Crippen molar-refractivity contribution in [2.45, 2.75) is 19.0 Å². The lowest BCUT2D eigenvalue weighted by molar-refractivity contribution is -0.130. The number of carbonyl (C=O) groups excluding carboxylic acids is 2. The molecule has 1 saturated heterocycles. The first-order chi connectivity index (χ1) is 9.81. The summed E-state index contributed by atoms with van der Waals surface area (Å²) >= 11 is 0. The van der Waals surface area contributed by atoms with Crippen molar-refractivity contribution < 1.29 is 14.3 Å². The van der Waals surface area contributed by atoms with Crippen LogP contribution in [0.3, 0.4) is 0 Å². The molecule has 0 bridgehead atoms. The molecule has 1 aromatic rings. The van der Waals surface area contributed by atoms with E-state index >= 15 is 0 Å². The third-order valence-electron chi connectivity index (χ3n) is 3.42. The van der Waals surface area contributed by atoms with Crippen molar-refractivity contribution in [3.8, 4) is 0 Å². The highest BCUT2D eigenvalue weighted by molar-refractivity contribution is 5.84. The number of ether oxygens (including phenoxy) is 1. The molecule has 0 spiro atoms. The number of morpholine rings is 1. The Morgan fingerprint density at radius 2 is 2.00 bits per heavy atom. The van der Waals surface area contributed by atoms with Crippen LogP contribution in [0.25, 0.3) is 0 Å². The van der Waals surface area contributed by atoms with Gasteiger partial charge in [0.15, 0.2) is 0 Å². The normalized spacial score (nSPS) is 17.4. The van der Waals surface area contributed by atoms with Crippen LogP contribution in [0, 0.1) is 0 Å². The lowest BCUT2D eigenvalue weighted by atomic mass is 10.1. The molecule has 1 atom stereocenters. The minimum atomic E-state index is -0.389.